The van der Waals surface area contributed by atoms with Crippen LogP contribution >= 0.6 is 34.5 Å². The summed E-state index contributed by atoms with van der Waals surface area (Å²) in [5.74, 6) is 0. The Labute approximate surface area is 68.1 Å². The summed E-state index contributed by atoms with van der Waals surface area (Å²) in [6, 6.07) is 5.83. The Morgan fingerprint density at radius 2 is 1.44 bits per heavy atom. The topological polar surface area (TPSA) is 0 Å². The Balaban J connectivity index is 3.17. The molecule has 1 rings (SSSR count). The van der Waals surface area contributed by atoms with Crippen LogP contribution in [0, 0.1) is 0 Å². The zero-order chi connectivity index (χ0) is 6.85. The fourth-order valence-electron chi connectivity index (χ4n) is 0.618. The summed E-state index contributed by atoms with van der Waals surface area (Å²) >= 11 is 8.32. The van der Waals surface area contributed by atoms with Gasteiger partial charge in [-0.2, -0.15) is 0 Å². The van der Waals surface area contributed by atoms with E-state index in [0.717, 1.165) is 15.1 Å². The number of benzene rings is 1. The third kappa shape index (κ3) is 2.21. The largest absolute Gasteiger partial charge is 0.143 e. The van der Waals surface area contributed by atoms with Gasteiger partial charge in [0.1, 0.15) is 0 Å². The van der Waals surface area contributed by atoms with Gasteiger partial charge < -0.3 is 0 Å². The second kappa shape index (κ2) is 2.96. The molecule has 3 heteroatoms. The van der Waals surface area contributed by atoms with Crippen molar-refractivity contribution in [2.45, 2.75) is 9.79 Å². The molecule has 0 saturated heterocycles. The minimum Gasteiger partial charge on any atom is -0.143 e. The molecule has 0 nitrogen and oxygen atoms in total. The SMILES string of the molecule is Pc1cc(S)cc(S)c1. The van der Waals surface area contributed by atoms with Crippen LogP contribution in [0.5, 0.6) is 0 Å². The Bertz CT molecular complexity index is 172. The van der Waals surface area contributed by atoms with Gasteiger partial charge in [-0.3, -0.25) is 0 Å². The molecule has 0 saturated carbocycles. The second-order valence-electron chi connectivity index (χ2n) is 1.78. The van der Waals surface area contributed by atoms with E-state index in [0.29, 0.717) is 0 Å². The van der Waals surface area contributed by atoms with E-state index >= 15 is 0 Å². The van der Waals surface area contributed by atoms with Crippen molar-refractivity contribution in [2.24, 2.45) is 0 Å². The van der Waals surface area contributed by atoms with Gasteiger partial charge in [0, 0.05) is 9.79 Å². The highest BCUT2D eigenvalue weighted by Crippen LogP contribution is 2.11. The van der Waals surface area contributed by atoms with E-state index in [1.165, 1.54) is 0 Å². The number of hydrogen-bond acceptors (Lipinski definition) is 2. The van der Waals surface area contributed by atoms with Gasteiger partial charge in [-0.1, -0.05) is 0 Å². The summed E-state index contributed by atoms with van der Waals surface area (Å²) in [6.07, 6.45) is 0. The standard InChI is InChI=1S/C6H7PS2/c7-4-1-5(8)3-6(9)2-4/h1-3,8-9H,7H2. The first kappa shape index (κ1) is 7.46. The molecule has 0 radical (unpaired) electrons. The number of hydrogen-bond donors (Lipinski definition) is 2. The van der Waals surface area contributed by atoms with Crippen molar-refractivity contribution in [3.63, 3.8) is 0 Å². The Hall–Kier alpha value is 0.350. The van der Waals surface area contributed by atoms with Crippen molar-refractivity contribution in [2.75, 3.05) is 0 Å². The van der Waals surface area contributed by atoms with Crippen LogP contribution < -0.4 is 5.30 Å². The van der Waals surface area contributed by atoms with Crippen LogP contribution in [0.2, 0.25) is 0 Å². The molecule has 0 aromatic heterocycles. The summed E-state index contributed by atoms with van der Waals surface area (Å²) < 4.78 is 0. The van der Waals surface area contributed by atoms with Crippen LogP contribution in [-0.4, -0.2) is 0 Å². The fraction of sp³-hybridized carbons (Fsp3) is 0. The normalized spacial score (nSPS) is 9.67. The lowest BCUT2D eigenvalue weighted by Crippen LogP contribution is -1.88. The molecule has 0 aliphatic rings. The molecule has 0 aliphatic carbocycles. The molecule has 0 aliphatic heterocycles. The molecule has 1 atom stereocenters. The van der Waals surface area contributed by atoms with Crippen LogP contribution in [0.3, 0.4) is 0 Å². The van der Waals surface area contributed by atoms with Gasteiger partial charge in [-0.05, 0) is 23.5 Å². The van der Waals surface area contributed by atoms with Crippen LogP contribution in [0.15, 0.2) is 28.0 Å². The first-order valence-corrected chi connectivity index (χ1v) is 3.94. The van der Waals surface area contributed by atoms with Crippen LogP contribution in [0.1, 0.15) is 0 Å². The van der Waals surface area contributed by atoms with Gasteiger partial charge in [0.2, 0.25) is 0 Å². The molecular weight excluding hydrogens is 167 g/mol. The molecular formula is C6H7PS2. The van der Waals surface area contributed by atoms with E-state index < -0.39 is 0 Å². The van der Waals surface area contributed by atoms with Crippen LogP contribution in [0.25, 0.3) is 0 Å². The molecule has 0 heterocycles. The summed E-state index contributed by atoms with van der Waals surface area (Å²) in [7, 11) is 2.60. The molecule has 1 unspecified atom stereocenters. The molecule has 1 aromatic rings. The molecule has 9 heavy (non-hydrogen) atoms. The minimum absolute atomic E-state index is 0.951. The number of thiol groups is 2. The smallest absolute Gasteiger partial charge is 0.00571 e. The van der Waals surface area contributed by atoms with E-state index in [-0.39, 0.29) is 0 Å². The number of rotatable bonds is 0. The Kier molecular flexibility index (Phi) is 2.45. The van der Waals surface area contributed by atoms with Gasteiger partial charge in [0.15, 0.2) is 0 Å². The van der Waals surface area contributed by atoms with E-state index in [9.17, 15) is 0 Å². The zero-order valence-electron chi connectivity index (χ0n) is 4.70. The van der Waals surface area contributed by atoms with E-state index in [1.807, 2.05) is 18.2 Å². The first-order chi connectivity index (χ1) is 4.18. The lowest BCUT2D eigenvalue weighted by Gasteiger charge is -1.95. The first-order valence-electron chi connectivity index (χ1n) is 2.47. The maximum Gasteiger partial charge on any atom is 0.00571 e. The van der Waals surface area contributed by atoms with Crippen molar-refractivity contribution in [3.8, 4) is 0 Å². The third-order valence-corrected chi connectivity index (χ3v) is 1.77. The summed E-state index contributed by atoms with van der Waals surface area (Å²) in [5.41, 5.74) is 0. The van der Waals surface area contributed by atoms with Crippen molar-refractivity contribution in [1.82, 2.24) is 0 Å². The van der Waals surface area contributed by atoms with Gasteiger partial charge in [0.05, 0.1) is 0 Å². The third-order valence-electron chi connectivity index (χ3n) is 0.925. The van der Waals surface area contributed by atoms with Crippen molar-refractivity contribution >= 4 is 39.8 Å². The van der Waals surface area contributed by atoms with Crippen molar-refractivity contribution < 1.29 is 0 Å². The Morgan fingerprint density at radius 3 is 1.78 bits per heavy atom. The molecule has 0 bridgehead atoms. The average molecular weight is 174 g/mol. The highest BCUT2D eigenvalue weighted by molar-refractivity contribution is 7.81. The molecule has 0 fully saturated rings. The van der Waals surface area contributed by atoms with Crippen LogP contribution in [-0.2, 0) is 0 Å². The van der Waals surface area contributed by atoms with Gasteiger partial charge in [-0.15, -0.1) is 34.5 Å². The summed E-state index contributed by atoms with van der Waals surface area (Å²) in [5, 5.41) is 1.12. The van der Waals surface area contributed by atoms with Gasteiger partial charge >= 0.3 is 0 Å². The summed E-state index contributed by atoms with van der Waals surface area (Å²) in [4.78, 5) is 1.90. The monoisotopic (exact) mass is 174 g/mol. The highest BCUT2D eigenvalue weighted by atomic mass is 32.1. The van der Waals surface area contributed by atoms with Crippen LogP contribution in [0.4, 0.5) is 0 Å². The van der Waals surface area contributed by atoms with Crippen molar-refractivity contribution in [1.29, 1.82) is 0 Å². The maximum atomic E-state index is 4.16. The Morgan fingerprint density at radius 1 is 1.00 bits per heavy atom. The van der Waals surface area contributed by atoms with Crippen molar-refractivity contribution in [3.05, 3.63) is 18.2 Å². The van der Waals surface area contributed by atoms with E-state index in [4.69, 9.17) is 0 Å². The second-order valence-corrected chi connectivity index (χ2v) is 3.48. The highest BCUT2D eigenvalue weighted by Gasteiger charge is 1.89. The minimum atomic E-state index is 0.951. The predicted octanol–water partition coefficient (Wildman–Crippen LogP) is 1.76. The lowest BCUT2D eigenvalue weighted by molar-refractivity contribution is 1.38. The lowest BCUT2D eigenvalue weighted by atomic mass is 10.4. The summed E-state index contributed by atoms with van der Waals surface area (Å²) in [6.45, 7) is 0. The van der Waals surface area contributed by atoms with E-state index in [1.54, 1.807) is 0 Å². The molecule has 0 amide bonds. The van der Waals surface area contributed by atoms with Gasteiger partial charge in [-0.25, -0.2) is 0 Å². The van der Waals surface area contributed by atoms with E-state index in [2.05, 4.69) is 34.5 Å². The molecule has 48 valence electrons. The zero-order valence-corrected chi connectivity index (χ0v) is 7.65. The van der Waals surface area contributed by atoms with Gasteiger partial charge in [0.25, 0.3) is 0 Å². The predicted molar refractivity (Wildman–Crippen MR) is 50.3 cm³/mol. The average Bonchev–Trinajstić information content (AvgIpc) is 1.59. The quantitative estimate of drug-likeness (QED) is 0.434. The molecule has 0 spiro atoms. The molecule has 1 aromatic carbocycles. The maximum absolute atomic E-state index is 4.16. The molecule has 0 N–H and O–H groups in total. The fourth-order valence-corrected chi connectivity index (χ4v) is 1.94.